The van der Waals surface area contributed by atoms with Crippen LogP contribution in [0.4, 0.5) is 5.69 Å². The highest BCUT2D eigenvalue weighted by molar-refractivity contribution is 6.42. The molecule has 0 unspecified atom stereocenters. The molecule has 0 atom stereocenters. The molecule has 3 aromatic rings. The van der Waals surface area contributed by atoms with Gasteiger partial charge in [0.2, 0.25) is 0 Å². The van der Waals surface area contributed by atoms with Gasteiger partial charge in [-0.3, -0.25) is 10.7 Å². The number of aromatic nitrogens is 3. The van der Waals surface area contributed by atoms with E-state index in [-0.39, 0.29) is 6.01 Å². The number of nitrogens with one attached hydrogen (secondary N) is 1. The lowest BCUT2D eigenvalue weighted by Crippen LogP contribution is -2.05. The highest BCUT2D eigenvalue weighted by Gasteiger charge is 2.16. The first-order chi connectivity index (χ1) is 12.6. The topological polar surface area (TPSA) is 81.4 Å². The van der Waals surface area contributed by atoms with Gasteiger partial charge in [-0.15, -0.1) is 5.10 Å². The van der Waals surface area contributed by atoms with Crippen molar-refractivity contribution in [3.8, 4) is 23.1 Å². The van der Waals surface area contributed by atoms with E-state index < -0.39 is 0 Å². The molecule has 0 spiro atoms. The molecular weight excluding hydrogens is 379 g/mol. The number of hydrogen-bond acceptors (Lipinski definition) is 6. The Kier molecular flexibility index (Phi) is 5.95. The third-order valence-electron chi connectivity index (χ3n) is 3.53. The Hall–Kier alpha value is -2.32. The Labute approximate surface area is 160 Å². The van der Waals surface area contributed by atoms with Crippen LogP contribution >= 0.6 is 23.2 Å². The highest BCUT2D eigenvalue weighted by Crippen LogP contribution is 2.30. The first kappa shape index (κ1) is 18.5. The van der Waals surface area contributed by atoms with E-state index in [1.54, 1.807) is 54.3 Å². The minimum Gasteiger partial charge on any atom is -0.460 e. The third kappa shape index (κ3) is 4.08. The van der Waals surface area contributed by atoms with Crippen LogP contribution in [0.5, 0.6) is 6.01 Å². The number of ether oxygens (including phenoxy) is 2. The number of anilines is 1. The largest absolute Gasteiger partial charge is 0.460 e. The van der Waals surface area contributed by atoms with Crippen molar-refractivity contribution in [1.82, 2.24) is 14.8 Å². The van der Waals surface area contributed by atoms with Crippen molar-refractivity contribution in [2.45, 2.75) is 0 Å². The van der Waals surface area contributed by atoms with Crippen LogP contribution < -0.4 is 10.2 Å². The van der Waals surface area contributed by atoms with E-state index in [2.05, 4.69) is 15.6 Å². The predicted octanol–water partition coefficient (Wildman–Crippen LogP) is 4.07. The van der Waals surface area contributed by atoms with Crippen LogP contribution in [-0.4, -0.2) is 40.3 Å². The molecular formula is C17H16Cl2N4O3. The summed E-state index contributed by atoms with van der Waals surface area (Å²) in [5.41, 5.74) is 4.12. The van der Waals surface area contributed by atoms with Crippen molar-refractivity contribution in [3.63, 3.8) is 0 Å². The second kappa shape index (κ2) is 8.37. The second-order valence-electron chi connectivity index (χ2n) is 5.26. The summed E-state index contributed by atoms with van der Waals surface area (Å²) in [6, 6.07) is 12.4. The Morgan fingerprint density at radius 3 is 2.50 bits per heavy atom. The fourth-order valence-electron chi connectivity index (χ4n) is 2.25. The molecule has 7 nitrogen and oxygen atoms in total. The van der Waals surface area contributed by atoms with Crippen molar-refractivity contribution in [1.29, 1.82) is 0 Å². The van der Waals surface area contributed by atoms with Crippen molar-refractivity contribution >= 4 is 28.9 Å². The zero-order valence-electron chi connectivity index (χ0n) is 13.8. The fraction of sp³-hybridized carbons (Fsp3) is 0.176. The van der Waals surface area contributed by atoms with Crippen molar-refractivity contribution < 1.29 is 14.7 Å². The summed E-state index contributed by atoms with van der Waals surface area (Å²) < 4.78 is 12.1. The van der Waals surface area contributed by atoms with Gasteiger partial charge in [0.1, 0.15) is 6.61 Å². The van der Waals surface area contributed by atoms with Crippen molar-refractivity contribution in [2.75, 3.05) is 25.8 Å². The number of rotatable bonds is 7. The monoisotopic (exact) mass is 394 g/mol. The van der Waals surface area contributed by atoms with Gasteiger partial charge >= 0.3 is 6.01 Å². The molecule has 26 heavy (non-hydrogen) atoms. The molecule has 0 amide bonds. The first-order valence-electron chi connectivity index (χ1n) is 7.67. The number of nitrogens with zero attached hydrogens (tertiary/aromatic N) is 3. The van der Waals surface area contributed by atoms with Crippen molar-refractivity contribution in [2.24, 2.45) is 0 Å². The van der Waals surface area contributed by atoms with Crippen LogP contribution in [0.15, 0.2) is 42.5 Å². The second-order valence-corrected chi connectivity index (χ2v) is 6.07. The number of benzene rings is 2. The zero-order valence-corrected chi connectivity index (χ0v) is 15.3. The summed E-state index contributed by atoms with van der Waals surface area (Å²) in [5.74, 6) is 0.542. The molecule has 0 aliphatic rings. The van der Waals surface area contributed by atoms with Crippen LogP contribution in [0.2, 0.25) is 10.0 Å². The van der Waals surface area contributed by atoms with E-state index >= 15 is 0 Å². The number of hydrogen-bond donors (Lipinski definition) is 2. The average Bonchev–Trinajstić information content (AvgIpc) is 3.08. The number of methoxy groups -OCH3 is 1. The molecule has 2 aromatic carbocycles. The Bertz CT molecular complexity index is 884. The lowest BCUT2D eigenvalue weighted by atomic mass is 10.2. The smallest absolute Gasteiger partial charge is 0.336 e. The van der Waals surface area contributed by atoms with Gasteiger partial charge in [0.15, 0.2) is 5.82 Å². The maximum absolute atomic E-state index is 8.97. The minimum atomic E-state index is 0.215. The molecule has 0 bridgehead atoms. The van der Waals surface area contributed by atoms with Gasteiger partial charge in [-0.25, -0.2) is 4.68 Å². The zero-order chi connectivity index (χ0) is 18.5. The van der Waals surface area contributed by atoms with Gasteiger partial charge in [0.05, 0.1) is 28.0 Å². The van der Waals surface area contributed by atoms with E-state index in [1.165, 1.54) is 0 Å². The number of halogens is 2. The lowest BCUT2D eigenvalue weighted by molar-refractivity contribution is 0.141. The summed E-state index contributed by atoms with van der Waals surface area (Å²) in [4.78, 5) is 4.45. The molecule has 0 radical (unpaired) electrons. The molecule has 136 valence electrons. The molecule has 0 aliphatic heterocycles. The van der Waals surface area contributed by atoms with Crippen LogP contribution in [0.3, 0.4) is 0 Å². The fourth-order valence-corrected chi connectivity index (χ4v) is 2.55. The third-order valence-corrected chi connectivity index (χ3v) is 4.26. The van der Waals surface area contributed by atoms with Crippen LogP contribution in [0, 0.1) is 0 Å². The van der Waals surface area contributed by atoms with E-state index in [0.717, 1.165) is 11.3 Å². The van der Waals surface area contributed by atoms with Gasteiger partial charge in [-0.1, -0.05) is 23.2 Å². The molecule has 1 aromatic heterocycles. The Balaban J connectivity index is 2.03. The molecule has 9 heteroatoms. The molecule has 0 aliphatic carbocycles. The van der Waals surface area contributed by atoms with E-state index in [4.69, 9.17) is 37.9 Å². The van der Waals surface area contributed by atoms with Crippen LogP contribution in [0.1, 0.15) is 0 Å². The van der Waals surface area contributed by atoms with Gasteiger partial charge in [-0.2, -0.15) is 4.98 Å². The van der Waals surface area contributed by atoms with Crippen LogP contribution in [0.25, 0.3) is 17.1 Å². The predicted molar refractivity (Wildman–Crippen MR) is 99.6 cm³/mol. The minimum absolute atomic E-state index is 0.215. The molecule has 0 saturated carbocycles. The van der Waals surface area contributed by atoms with Gasteiger partial charge in [-0.05, 0) is 42.5 Å². The maximum atomic E-state index is 8.97. The molecule has 0 saturated heterocycles. The SMILES string of the molecule is COCCOc1nc(-c2ccc(Cl)c(Cl)c2)n(-c2ccc(NO)cc2)n1. The van der Waals surface area contributed by atoms with Gasteiger partial charge in [0.25, 0.3) is 0 Å². The summed E-state index contributed by atoms with van der Waals surface area (Å²) in [6.45, 7) is 0.752. The standard InChI is InChI=1S/C17H16Cl2N4O3/c1-25-8-9-26-17-20-16(11-2-7-14(18)15(19)10-11)23(21-17)13-5-3-12(22-24)4-6-13/h2-7,10,22,24H,8-9H2,1H3. The maximum Gasteiger partial charge on any atom is 0.336 e. The Morgan fingerprint density at radius 1 is 1.08 bits per heavy atom. The first-order valence-corrected chi connectivity index (χ1v) is 8.42. The van der Waals surface area contributed by atoms with E-state index in [1.807, 2.05) is 0 Å². The molecule has 1 heterocycles. The molecule has 0 fully saturated rings. The van der Waals surface area contributed by atoms with Gasteiger partial charge in [0, 0.05) is 12.7 Å². The Morgan fingerprint density at radius 2 is 1.85 bits per heavy atom. The normalized spacial score (nSPS) is 10.8. The lowest BCUT2D eigenvalue weighted by Gasteiger charge is -2.07. The summed E-state index contributed by atoms with van der Waals surface area (Å²) in [5, 5.41) is 14.2. The van der Waals surface area contributed by atoms with Gasteiger partial charge < -0.3 is 9.47 Å². The quantitative estimate of drug-likeness (QED) is 0.464. The summed E-state index contributed by atoms with van der Waals surface area (Å²) in [6.07, 6.45) is 0. The highest BCUT2D eigenvalue weighted by atomic mass is 35.5. The van der Waals surface area contributed by atoms with E-state index in [9.17, 15) is 0 Å². The molecule has 2 N–H and O–H groups in total. The molecule has 3 rings (SSSR count). The van der Waals surface area contributed by atoms with Crippen molar-refractivity contribution in [3.05, 3.63) is 52.5 Å². The average molecular weight is 395 g/mol. The van der Waals surface area contributed by atoms with E-state index in [0.29, 0.717) is 34.8 Å². The summed E-state index contributed by atoms with van der Waals surface area (Å²) in [7, 11) is 1.59. The summed E-state index contributed by atoms with van der Waals surface area (Å²) >= 11 is 12.1. The van der Waals surface area contributed by atoms with Crippen LogP contribution in [-0.2, 0) is 4.74 Å².